The molecule has 0 aliphatic heterocycles. The van der Waals surface area contributed by atoms with Crippen LogP contribution in [0.5, 0.6) is 0 Å². The molecular weight excluding hydrogens is 164 g/mol. The molecule has 0 rings (SSSR count). The normalized spacial score (nSPS) is 9.67. The molecule has 0 radical (unpaired) electrons. The van der Waals surface area contributed by atoms with Crippen molar-refractivity contribution in [2.24, 2.45) is 0 Å². The minimum atomic E-state index is -1.83. The van der Waals surface area contributed by atoms with Gasteiger partial charge in [0.15, 0.2) is 0 Å². The van der Waals surface area contributed by atoms with E-state index in [-0.39, 0.29) is 0 Å². The monoisotopic (exact) mass is 176 g/mol. The fraction of sp³-hybridized carbons (Fsp3) is 0.429. The van der Waals surface area contributed by atoms with Gasteiger partial charge in [-0.05, 0) is 13.3 Å². The quantitative estimate of drug-likeness (QED) is 0.556. The minimum absolute atomic E-state index is 0.424. The predicted molar refractivity (Wildman–Crippen MR) is 42.3 cm³/mol. The third-order valence-corrected chi connectivity index (χ3v) is 0.848. The van der Waals surface area contributed by atoms with Crippen molar-refractivity contribution in [1.82, 2.24) is 0 Å². The van der Waals surface area contributed by atoms with E-state index in [9.17, 15) is 4.79 Å². The third-order valence-electron chi connectivity index (χ3n) is 0.848. The first-order valence-electron chi connectivity index (χ1n) is 3.23. The van der Waals surface area contributed by atoms with Crippen molar-refractivity contribution in [3.05, 3.63) is 11.6 Å². The van der Waals surface area contributed by atoms with Crippen LogP contribution in [0.25, 0.3) is 0 Å². The number of carboxylic acid groups (broad SMARTS) is 3. The van der Waals surface area contributed by atoms with Gasteiger partial charge in [-0.2, -0.15) is 0 Å². The second kappa shape index (κ2) is 7.59. The van der Waals surface area contributed by atoms with Crippen molar-refractivity contribution in [3.63, 3.8) is 0 Å². The maximum absolute atomic E-state index is 10.0. The van der Waals surface area contributed by atoms with Crippen molar-refractivity contribution < 1.29 is 24.9 Å². The van der Waals surface area contributed by atoms with E-state index in [0.717, 1.165) is 6.42 Å². The van der Waals surface area contributed by atoms with Crippen LogP contribution in [0.4, 0.5) is 4.79 Å². The van der Waals surface area contributed by atoms with E-state index in [1.807, 2.05) is 6.92 Å². The molecule has 0 saturated heterocycles. The average Bonchev–Trinajstić information content (AvgIpc) is 1.86. The van der Waals surface area contributed by atoms with Gasteiger partial charge in [-0.3, -0.25) is 0 Å². The summed E-state index contributed by atoms with van der Waals surface area (Å²) in [6.07, 6.45) is 0.639. The average molecular weight is 176 g/mol. The Morgan fingerprint density at radius 3 is 1.67 bits per heavy atom. The first-order chi connectivity index (χ1) is 5.41. The molecule has 5 nitrogen and oxygen atoms in total. The van der Waals surface area contributed by atoms with Crippen LogP contribution < -0.4 is 0 Å². The van der Waals surface area contributed by atoms with Gasteiger partial charge in [0.05, 0.1) is 0 Å². The van der Waals surface area contributed by atoms with E-state index < -0.39 is 12.1 Å². The lowest BCUT2D eigenvalue weighted by Crippen LogP contribution is -1.94. The smallest absolute Gasteiger partial charge is 0.478 e. The van der Waals surface area contributed by atoms with Crippen molar-refractivity contribution in [2.75, 3.05) is 0 Å². The van der Waals surface area contributed by atoms with Gasteiger partial charge in [0, 0.05) is 5.57 Å². The Labute approximate surface area is 70.0 Å². The molecule has 3 N–H and O–H groups in total. The van der Waals surface area contributed by atoms with Crippen LogP contribution >= 0.6 is 0 Å². The molecule has 0 aliphatic carbocycles. The third kappa shape index (κ3) is 15.8. The first-order valence-corrected chi connectivity index (χ1v) is 3.23. The van der Waals surface area contributed by atoms with Gasteiger partial charge in [0.1, 0.15) is 0 Å². The highest BCUT2D eigenvalue weighted by Crippen LogP contribution is 1.92. The molecule has 0 saturated carbocycles. The fourth-order valence-electron chi connectivity index (χ4n) is 0.393. The zero-order valence-corrected chi connectivity index (χ0v) is 6.94. The number of carbonyl (C=O) groups is 2. The summed E-state index contributed by atoms with van der Waals surface area (Å²) in [6.45, 7) is 3.50. The van der Waals surface area contributed by atoms with Crippen LogP contribution in [-0.4, -0.2) is 27.4 Å². The summed E-state index contributed by atoms with van der Waals surface area (Å²) in [5, 5.41) is 22.2. The molecule has 0 spiro atoms. The summed E-state index contributed by atoms with van der Waals surface area (Å²) in [7, 11) is 0. The lowest BCUT2D eigenvalue weighted by molar-refractivity contribution is -0.132. The van der Waals surface area contributed by atoms with Gasteiger partial charge in [0.2, 0.25) is 0 Å². The molecule has 0 aliphatic rings. The molecule has 0 heterocycles. The van der Waals surface area contributed by atoms with Crippen LogP contribution in [0.15, 0.2) is 11.6 Å². The standard InChI is InChI=1S/C6H10O2.CH2O3/c1-3-4-5(2)6(7)8;2-1(3)4/h4H,3H2,1-2H3,(H,7,8);(H2,2,3,4). The molecule has 12 heavy (non-hydrogen) atoms. The zero-order chi connectivity index (χ0) is 10.1. The number of hydrogen-bond donors (Lipinski definition) is 3. The highest BCUT2D eigenvalue weighted by Gasteiger charge is 1.94. The molecule has 0 fully saturated rings. The van der Waals surface area contributed by atoms with Crippen LogP contribution in [0.2, 0.25) is 0 Å². The Balaban J connectivity index is 0. The van der Waals surface area contributed by atoms with Gasteiger partial charge in [-0.25, -0.2) is 9.59 Å². The summed E-state index contributed by atoms with van der Waals surface area (Å²) in [5.74, 6) is -0.827. The second-order valence-electron chi connectivity index (χ2n) is 1.88. The highest BCUT2D eigenvalue weighted by atomic mass is 16.6. The summed E-state index contributed by atoms with van der Waals surface area (Å²) < 4.78 is 0. The fourth-order valence-corrected chi connectivity index (χ4v) is 0.393. The number of allylic oxidation sites excluding steroid dienone is 1. The van der Waals surface area contributed by atoms with E-state index in [1.54, 1.807) is 13.0 Å². The molecule has 70 valence electrons. The summed E-state index contributed by atoms with van der Waals surface area (Å²) >= 11 is 0. The van der Waals surface area contributed by atoms with Gasteiger partial charge in [0.25, 0.3) is 0 Å². The second-order valence-corrected chi connectivity index (χ2v) is 1.88. The Hall–Kier alpha value is -1.52. The number of carboxylic acids is 1. The lowest BCUT2D eigenvalue weighted by atomic mass is 10.2. The van der Waals surface area contributed by atoms with E-state index >= 15 is 0 Å². The van der Waals surface area contributed by atoms with E-state index in [2.05, 4.69) is 0 Å². The molecule has 0 aromatic rings. The molecule has 5 heteroatoms. The topological polar surface area (TPSA) is 94.8 Å². The largest absolute Gasteiger partial charge is 0.503 e. The predicted octanol–water partition coefficient (Wildman–Crippen LogP) is 1.65. The number of aliphatic carboxylic acids is 1. The molecule has 0 bridgehead atoms. The SMILES string of the molecule is CCC=C(C)C(=O)O.O=C(O)O. The molecular formula is C7H12O5. The molecule has 0 aromatic carbocycles. The number of rotatable bonds is 2. The van der Waals surface area contributed by atoms with E-state index in [0.29, 0.717) is 5.57 Å². The van der Waals surface area contributed by atoms with E-state index in [4.69, 9.17) is 20.1 Å². The van der Waals surface area contributed by atoms with Crippen molar-refractivity contribution in [1.29, 1.82) is 0 Å². The van der Waals surface area contributed by atoms with Gasteiger partial charge in [-0.1, -0.05) is 13.0 Å². The van der Waals surface area contributed by atoms with E-state index in [1.165, 1.54) is 0 Å². The molecule has 0 aromatic heterocycles. The Kier molecular flexibility index (Phi) is 8.28. The minimum Gasteiger partial charge on any atom is -0.478 e. The maximum atomic E-state index is 10.0. The zero-order valence-electron chi connectivity index (χ0n) is 6.94. The van der Waals surface area contributed by atoms with Crippen LogP contribution in [-0.2, 0) is 4.79 Å². The van der Waals surface area contributed by atoms with Gasteiger partial charge < -0.3 is 15.3 Å². The summed E-state index contributed by atoms with van der Waals surface area (Å²) in [5.41, 5.74) is 0.424. The summed E-state index contributed by atoms with van der Waals surface area (Å²) in [6, 6.07) is 0. The molecule has 0 unspecified atom stereocenters. The maximum Gasteiger partial charge on any atom is 0.503 e. The summed E-state index contributed by atoms with van der Waals surface area (Å²) in [4.78, 5) is 18.6. The Morgan fingerprint density at radius 2 is 1.58 bits per heavy atom. The van der Waals surface area contributed by atoms with Crippen molar-refractivity contribution in [3.8, 4) is 0 Å². The first kappa shape index (κ1) is 13.1. The van der Waals surface area contributed by atoms with Crippen molar-refractivity contribution in [2.45, 2.75) is 20.3 Å². The van der Waals surface area contributed by atoms with Gasteiger partial charge in [-0.15, -0.1) is 0 Å². The Bertz CT molecular complexity index is 178. The van der Waals surface area contributed by atoms with Crippen LogP contribution in [0.1, 0.15) is 20.3 Å². The molecule has 0 amide bonds. The van der Waals surface area contributed by atoms with Gasteiger partial charge >= 0.3 is 12.1 Å². The molecule has 0 atom stereocenters. The van der Waals surface area contributed by atoms with Crippen LogP contribution in [0, 0.1) is 0 Å². The van der Waals surface area contributed by atoms with Crippen molar-refractivity contribution >= 4 is 12.1 Å². The lowest BCUT2D eigenvalue weighted by Gasteiger charge is -1.87. The number of hydrogen-bond acceptors (Lipinski definition) is 2. The van der Waals surface area contributed by atoms with Crippen LogP contribution in [0.3, 0.4) is 0 Å². The Morgan fingerprint density at radius 1 is 1.25 bits per heavy atom. The highest BCUT2D eigenvalue weighted by molar-refractivity contribution is 5.85.